The Kier molecular flexibility index (Phi) is 5.97. The highest BCUT2D eigenvalue weighted by Crippen LogP contribution is 2.34. The van der Waals surface area contributed by atoms with Crippen LogP contribution in [0.2, 0.25) is 5.02 Å². The molecule has 4 N–H and O–H groups in total. The van der Waals surface area contributed by atoms with Crippen LogP contribution in [-0.2, 0) is 6.18 Å². The number of alkyl halides is 3. The van der Waals surface area contributed by atoms with Gasteiger partial charge in [-0.25, -0.2) is 9.48 Å². The van der Waals surface area contributed by atoms with E-state index in [0.29, 0.717) is 9.70 Å². The molecule has 12 heteroatoms. The van der Waals surface area contributed by atoms with E-state index in [4.69, 9.17) is 22.1 Å². The van der Waals surface area contributed by atoms with E-state index < -0.39 is 35.3 Å². The predicted molar refractivity (Wildman–Crippen MR) is 106 cm³/mol. The van der Waals surface area contributed by atoms with Crippen molar-refractivity contribution >= 4 is 35.1 Å². The predicted octanol–water partition coefficient (Wildman–Crippen LogP) is 4.39. The molecular weight excluding hydrogens is 439 g/mol. The number of carbonyl (C=O) groups is 2. The third kappa shape index (κ3) is 5.01. The fraction of sp³-hybridized carbons (Fsp3) is 0.0526. The van der Waals surface area contributed by atoms with Gasteiger partial charge >= 0.3 is 12.3 Å². The first-order valence-electron chi connectivity index (χ1n) is 8.47. The van der Waals surface area contributed by atoms with Crippen molar-refractivity contribution < 1.29 is 27.9 Å². The van der Waals surface area contributed by atoms with Crippen LogP contribution in [0.15, 0.2) is 54.7 Å². The maximum atomic E-state index is 13.7. The van der Waals surface area contributed by atoms with Crippen LogP contribution in [-0.4, -0.2) is 32.7 Å². The average Bonchev–Trinajstić information content (AvgIpc) is 3.14. The molecule has 160 valence electrons. The Morgan fingerprint density at radius 1 is 1.13 bits per heavy atom. The van der Waals surface area contributed by atoms with Crippen molar-refractivity contribution in [3.8, 4) is 5.69 Å². The normalized spacial score (nSPS) is 11.1. The van der Waals surface area contributed by atoms with Crippen molar-refractivity contribution in [2.45, 2.75) is 6.18 Å². The minimum Gasteiger partial charge on any atom is -0.465 e. The SMILES string of the molecule is N=C(NC(=O)O)c1cccc(NC(=O)c2cnn(-c3ccc(Cl)cc3)c2C(F)(F)F)c1. The zero-order chi connectivity index (χ0) is 22.8. The maximum Gasteiger partial charge on any atom is 0.434 e. The standard InChI is InChI=1S/C19H13ClF3N5O3/c20-11-4-6-13(7-5-11)28-15(19(21,22)23)14(9-25-28)17(29)26-12-3-1-2-10(8-12)16(24)27-18(30)31/h1-9H,(H2,24,27)(H,26,29)(H,30,31). The number of rotatable bonds is 4. The molecule has 1 aromatic heterocycles. The van der Waals surface area contributed by atoms with E-state index in [1.54, 1.807) is 0 Å². The minimum absolute atomic E-state index is 0.0611. The van der Waals surface area contributed by atoms with Gasteiger partial charge in [-0.2, -0.15) is 18.3 Å². The summed E-state index contributed by atoms with van der Waals surface area (Å²) in [5.41, 5.74) is -1.76. The zero-order valence-electron chi connectivity index (χ0n) is 15.4. The van der Waals surface area contributed by atoms with Gasteiger partial charge in [0.15, 0.2) is 5.69 Å². The van der Waals surface area contributed by atoms with Crippen molar-refractivity contribution in [3.63, 3.8) is 0 Å². The smallest absolute Gasteiger partial charge is 0.434 e. The molecule has 0 bridgehead atoms. The number of halogens is 4. The second-order valence-electron chi connectivity index (χ2n) is 6.13. The van der Waals surface area contributed by atoms with E-state index in [0.717, 1.165) is 6.20 Å². The molecule has 2 aromatic carbocycles. The average molecular weight is 452 g/mol. The lowest BCUT2D eigenvalue weighted by atomic mass is 10.1. The van der Waals surface area contributed by atoms with E-state index in [1.165, 1.54) is 48.5 Å². The van der Waals surface area contributed by atoms with Crippen LogP contribution >= 0.6 is 11.6 Å². The van der Waals surface area contributed by atoms with Crippen LogP contribution in [0.4, 0.5) is 23.7 Å². The number of carbonyl (C=O) groups excluding carboxylic acids is 1. The Bertz CT molecular complexity index is 1160. The van der Waals surface area contributed by atoms with Crippen molar-refractivity contribution in [2.24, 2.45) is 0 Å². The highest BCUT2D eigenvalue weighted by molar-refractivity contribution is 6.30. The highest BCUT2D eigenvalue weighted by atomic mass is 35.5. The number of hydrogen-bond acceptors (Lipinski definition) is 4. The number of benzene rings is 2. The Labute approximate surface area is 177 Å². The third-order valence-corrected chi connectivity index (χ3v) is 4.25. The lowest BCUT2D eigenvalue weighted by Gasteiger charge is -2.13. The molecule has 2 amide bonds. The maximum absolute atomic E-state index is 13.7. The second-order valence-corrected chi connectivity index (χ2v) is 6.57. The van der Waals surface area contributed by atoms with E-state index in [-0.39, 0.29) is 16.9 Å². The Morgan fingerprint density at radius 3 is 2.42 bits per heavy atom. The summed E-state index contributed by atoms with van der Waals surface area (Å²) < 4.78 is 41.8. The van der Waals surface area contributed by atoms with Gasteiger partial charge in [-0.1, -0.05) is 23.7 Å². The topological polar surface area (TPSA) is 120 Å². The van der Waals surface area contributed by atoms with E-state index in [1.807, 2.05) is 5.32 Å². The van der Waals surface area contributed by atoms with Gasteiger partial charge in [0.05, 0.1) is 17.4 Å². The molecule has 0 unspecified atom stereocenters. The quantitative estimate of drug-likeness (QED) is 0.347. The van der Waals surface area contributed by atoms with Gasteiger partial charge < -0.3 is 10.4 Å². The van der Waals surface area contributed by atoms with Gasteiger partial charge in [0.25, 0.3) is 5.91 Å². The van der Waals surface area contributed by atoms with E-state index >= 15 is 0 Å². The number of nitrogens with one attached hydrogen (secondary N) is 3. The molecule has 3 aromatic rings. The van der Waals surface area contributed by atoms with E-state index in [2.05, 4.69) is 10.4 Å². The molecule has 0 aliphatic rings. The van der Waals surface area contributed by atoms with Crippen molar-refractivity contribution in [1.82, 2.24) is 15.1 Å². The van der Waals surface area contributed by atoms with Crippen LogP contribution in [0.1, 0.15) is 21.6 Å². The molecule has 3 rings (SSSR count). The first-order chi connectivity index (χ1) is 14.6. The van der Waals surface area contributed by atoms with Gasteiger partial charge in [0, 0.05) is 16.3 Å². The van der Waals surface area contributed by atoms with Gasteiger partial charge in [-0.15, -0.1) is 0 Å². The van der Waals surface area contributed by atoms with Gasteiger partial charge in [0.1, 0.15) is 5.84 Å². The lowest BCUT2D eigenvalue weighted by Crippen LogP contribution is -2.28. The van der Waals surface area contributed by atoms with Gasteiger partial charge in [-0.3, -0.25) is 15.5 Å². The number of amides is 2. The van der Waals surface area contributed by atoms with Gasteiger partial charge in [-0.05, 0) is 36.4 Å². The Balaban J connectivity index is 1.93. The molecule has 0 aliphatic heterocycles. The summed E-state index contributed by atoms with van der Waals surface area (Å²) in [6, 6.07) is 10.9. The van der Waals surface area contributed by atoms with Crippen LogP contribution in [0.5, 0.6) is 0 Å². The summed E-state index contributed by atoms with van der Waals surface area (Å²) >= 11 is 5.77. The third-order valence-electron chi connectivity index (χ3n) is 3.99. The second kappa shape index (κ2) is 8.48. The molecule has 1 heterocycles. The summed E-state index contributed by atoms with van der Waals surface area (Å²) in [5.74, 6) is -1.54. The molecule has 0 radical (unpaired) electrons. The number of anilines is 1. The van der Waals surface area contributed by atoms with Crippen LogP contribution in [0.25, 0.3) is 5.69 Å². The number of aromatic nitrogens is 2. The van der Waals surface area contributed by atoms with Crippen LogP contribution in [0.3, 0.4) is 0 Å². The van der Waals surface area contributed by atoms with Crippen LogP contribution < -0.4 is 10.6 Å². The van der Waals surface area contributed by atoms with Crippen molar-refractivity contribution in [2.75, 3.05) is 5.32 Å². The number of hydrogen-bond donors (Lipinski definition) is 4. The zero-order valence-corrected chi connectivity index (χ0v) is 16.1. The molecule has 0 saturated carbocycles. The number of carboxylic acid groups (broad SMARTS) is 1. The lowest BCUT2D eigenvalue weighted by molar-refractivity contribution is -0.143. The first kappa shape index (κ1) is 21.8. The van der Waals surface area contributed by atoms with Crippen molar-refractivity contribution in [3.05, 3.63) is 76.6 Å². The molecule has 0 aliphatic carbocycles. The molecule has 0 atom stereocenters. The molecule has 0 saturated heterocycles. The minimum atomic E-state index is -4.89. The highest BCUT2D eigenvalue weighted by Gasteiger charge is 2.40. The first-order valence-corrected chi connectivity index (χ1v) is 8.85. The molecule has 8 nitrogen and oxygen atoms in total. The molecule has 0 fully saturated rings. The molecule has 31 heavy (non-hydrogen) atoms. The van der Waals surface area contributed by atoms with Crippen LogP contribution in [0, 0.1) is 5.41 Å². The van der Waals surface area contributed by atoms with Crippen molar-refractivity contribution in [1.29, 1.82) is 5.41 Å². The Morgan fingerprint density at radius 2 is 1.81 bits per heavy atom. The fourth-order valence-corrected chi connectivity index (χ4v) is 2.82. The summed E-state index contributed by atoms with van der Waals surface area (Å²) in [4.78, 5) is 23.2. The summed E-state index contributed by atoms with van der Waals surface area (Å²) in [6.45, 7) is 0. The fourth-order valence-electron chi connectivity index (χ4n) is 2.70. The van der Waals surface area contributed by atoms with E-state index in [9.17, 15) is 22.8 Å². The number of amidine groups is 1. The largest absolute Gasteiger partial charge is 0.465 e. The summed E-state index contributed by atoms with van der Waals surface area (Å²) in [7, 11) is 0. The molecular formula is C19H13ClF3N5O3. The summed E-state index contributed by atoms with van der Waals surface area (Å²) in [5, 5.41) is 24.5. The molecule has 0 spiro atoms. The number of nitrogens with zero attached hydrogens (tertiary/aromatic N) is 2. The Hall–Kier alpha value is -3.86. The van der Waals surface area contributed by atoms with Gasteiger partial charge in [0.2, 0.25) is 0 Å². The monoisotopic (exact) mass is 451 g/mol. The summed E-state index contributed by atoms with van der Waals surface area (Å²) in [6.07, 6.45) is -5.55.